The van der Waals surface area contributed by atoms with Crippen LogP contribution in [0.5, 0.6) is 0 Å². The van der Waals surface area contributed by atoms with Crippen molar-refractivity contribution in [2.75, 3.05) is 0 Å². The fourth-order valence-electron chi connectivity index (χ4n) is 1.32. The first kappa shape index (κ1) is 13.7. The van der Waals surface area contributed by atoms with Gasteiger partial charge in [-0.2, -0.15) is 18.3 Å². The van der Waals surface area contributed by atoms with Crippen LogP contribution >= 0.6 is 11.6 Å². The number of hydrogen-bond acceptors (Lipinski definition) is 2. The van der Waals surface area contributed by atoms with Crippen molar-refractivity contribution in [2.24, 2.45) is 0 Å². The summed E-state index contributed by atoms with van der Waals surface area (Å²) in [4.78, 5) is 3.50. The third-order valence-corrected chi connectivity index (χ3v) is 2.47. The van der Waals surface area contributed by atoms with Crippen molar-refractivity contribution in [3.63, 3.8) is 0 Å². The van der Waals surface area contributed by atoms with Gasteiger partial charge in [0.15, 0.2) is 5.82 Å². The molecule has 0 unspecified atom stereocenters. The van der Waals surface area contributed by atoms with E-state index in [1.165, 1.54) is 0 Å². The highest BCUT2D eigenvalue weighted by atomic mass is 35.5. The normalized spacial score (nSPS) is 12.2. The van der Waals surface area contributed by atoms with Gasteiger partial charge in [-0.3, -0.25) is 0 Å². The Balaban J connectivity index is 2.37. The monoisotopic (exact) mass is 297 g/mol. The number of rotatable bonds is 2. The molecular weight excluding hydrogens is 293 g/mol. The molecule has 0 radical (unpaired) electrons. The third-order valence-electron chi connectivity index (χ3n) is 2.20. The van der Waals surface area contributed by atoms with Crippen LogP contribution in [0.4, 0.5) is 22.0 Å². The summed E-state index contributed by atoms with van der Waals surface area (Å²) in [5.74, 6) is -0.0788. The zero-order valence-corrected chi connectivity index (χ0v) is 9.75. The highest BCUT2D eigenvalue weighted by Gasteiger charge is 2.30. The van der Waals surface area contributed by atoms with E-state index in [2.05, 4.69) is 10.1 Å². The van der Waals surface area contributed by atoms with Crippen molar-refractivity contribution in [2.45, 2.75) is 12.6 Å². The van der Waals surface area contributed by atoms with E-state index in [-0.39, 0.29) is 11.0 Å². The van der Waals surface area contributed by atoms with E-state index >= 15 is 0 Å². The number of pyridine rings is 1. The van der Waals surface area contributed by atoms with Crippen LogP contribution in [0.2, 0.25) is 5.15 Å². The Labute approximate surface area is 108 Å². The lowest BCUT2D eigenvalue weighted by atomic mass is 10.3. The first-order valence-electron chi connectivity index (χ1n) is 4.86. The molecule has 2 rings (SSSR count). The van der Waals surface area contributed by atoms with Crippen molar-refractivity contribution in [3.8, 4) is 5.82 Å². The van der Waals surface area contributed by atoms with Gasteiger partial charge in [0.1, 0.15) is 10.8 Å². The van der Waals surface area contributed by atoms with Crippen LogP contribution in [-0.4, -0.2) is 14.8 Å². The minimum absolute atomic E-state index is 0.0788. The van der Waals surface area contributed by atoms with Crippen LogP contribution in [0.25, 0.3) is 5.82 Å². The van der Waals surface area contributed by atoms with Crippen LogP contribution in [0.1, 0.15) is 17.7 Å². The number of nitrogens with zero attached hydrogens (tertiary/aromatic N) is 3. The quantitative estimate of drug-likeness (QED) is 0.788. The summed E-state index contributed by atoms with van der Waals surface area (Å²) < 4.78 is 62.6. The van der Waals surface area contributed by atoms with Gasteiger partial charge >= 0.3 is 6.18 Å². The molecule has 0 aliphatic carbocycles. The Morgan fingerprint density at radius 2 is 1.89 bits per heavy atom. The molecule has 0 saturated carbocycles. The highest BCUT2D eigenvalue weighted by Crippen LogP contribution is 2.29. The Morgan fingerprint density at radius 1 is 1.21 bits per heavy atom. The number of aromatic nitrogens is 3. The molecular formula is C10H5ClF5N3. The van der Waals surface area contributed by atoms with Crippen molar-refractivity contribution in [3.05, 3.63) is 40.8 Å². The van der Waals surface area contributed by atoms with Crippen LogP contribution < -0.4 is 0 Å². The average molecular weight is 298 g/mol. The summed E-state index contributed by atoms with van der Waals surface area (Å²) in [6, 6.07) is 2.69. The first-order chi connectivity index (χ1) is 8.79. The van der Waals surface area contributed by atoms with Crippen LogP contribution in [0.3, 0.4) is 0 Å². The SMILES string of the molecule is FC(F)c1cc(Cl)n(-c2ccc(C(F)(F)F)cn2)n1. The maximum Gasteiger partial charge on any atom is 0.417 e. The lowest BCUT2D eigenvalue weighted by molar-refractivity contribution is -0.137. The van der Waals surface area contributed by atoms with Gasteiger partial charge in [-0.15, -0.1) is 0 Å². The van der Waals surface area contributed by atoms with Gasteiger partial charge < -0.3 is 0 Å². The van der Waals surface area contributed by atoms with Crippen LogP contribution in [0.15, 0.2) is 24.4 Å². The van der Waals surface area contributed by atoms with Crippen LogP contribution in [-0.2, 0) is 6.18 Å². The Kier molecular flexibility index (Phi) is 3.44. The second-order valence-corrected chi connectivity index (χ2v) is 3.89. The number of alkyl halides is 5. The number of hydrogen-bond donors (Lipinski definition) is 0. The number of halogens is 6. The molecule has 0 N–H and O–H groups in total. The van der Waals surface area contributed by atoms with Crippen molar-refractivity contribution in [1.29, 1.82) is 0 Å². The fraction of sp³-hybridized carbons (Fsp3) is 0.200. The third kappa shape index (κ3) is 2.83. The molecule has 0 atom stereocenters. The van der Waals surface area contributed by atoms with E-state index < -0.39 is 23.9 Å². The maximum absolute atomic E-state index is 12.4. The molecule has 0 aliphatic rings. The van der Waals surface area contributed by atoms with Crippen molar-refractivity contribution >= 4 is 11.6 Å². The molecule has 9 heteroatoms. The molecule has 19 heavy (non-hydrogen) atoms. The molecule has 0 spiro atoms. The fourth-order valence-corrected chi connectivity index (χ4v) is 1.56. The minimum atomic E-state index is -4.52. The van der Waals surface area contributed by atoms with E-state index in [1.807, 2.05) is 0 Å². The molecule has 0 saturated heterocycles. The largest absolute Gasteiger partial charge is 0.417 e. The zero-order chi connectivity index (χ0) is 14.2. The summed E-state index contributed by atoms with van der Waals surface area (Å²) in [5, 5.41) is 3.30. The second-order valence-electron chi connectivity index (χ2n) is 3.51. The summed E-state index contributed by atoms with van der Waals surface area (Å²) in [5.41, 5.74) is -1.53. The summed E-state index contributed by atoms with van der Waals surface area (Å²) >= 11 is 5.66. The van der Waals surface area contributed by atoms with Crippen LogP contribution in [0, 0.1) is 0 Å². The van der Waals surface area contributed by atoms with E-state index in [9.17, 15) is 22.0 Å². The highest BCUT2D eigenvalue weighted by molar-refractivity contribution is 6.29. The van der Waals surface area contributed by atoms with Crippen molar-refractivity contribution in [1.82, 2.24) is 14.8 Å². The van der Waals surface area contributed by atoms with Gasteiger partial charge in [0, 0.05) is 12.3 Å². The molecule has 0 aliphatic heterocycles. The van der Waals surface area contributed by atoms with Crippen molar-refractivity contribution < 1.29 is 22.0 Å². The van der Waals surface area contributed by atoms with Gasteiger partial charge in [-0.25, -0.2) is 18.4 Å². The Hall–Kier alpha value is -1.70. The lowest BCUT2D eigenvalue weighted by Gasteiger charge is -2.07. The smallest absolute Gasteiger partial charge is 0.236 e. The van der Waals surface area contributed by atoms with E-state index in [1.54, 1.807) is 0 Å². The zero-order valence-electron chi connectivity index (χ0n) is 9.00. The molecule has 2 aromatic heterocycles. The predicted molar refractivity (Wildman–Crippen MR) is 56.3 cm³/mol. The lowest BCUT2D eigenvalue weighted by Crippen LogP contribution is -2.07. The first-order valence-corrected chi connectivity index (χ1v) is 5.24. The molecule has 0 aromatic carbocycles. The topological polar surface area (TPSA) is 30.7 Å². The molecule has 102 valence electrons. The minimum Gasteiger partial charge on any atom is -0.236 e. The van der Waals surface area contributed by atoms with Gasteiger partial charge in [-0.1, -0.05) is 11.6 Å². The summed E-state index contributed by atoms with van der Waals surface area (Å²) in [7, 11) is 0. The van der Waals surface area contributed by atoms with Gasteiger partial charge in [0.2, 0.25) is 0 Å². The summed E-state index contributed by atoms with van der Waals surface area (Å²) in [6.45, 7) is 0. The molecule has 0 bridgehead atoms. The second kappa shape index (κ2) is 4.76. The van der Waals surface area contributed by atoms with Gasteiger partial charge in [0.25, 0.3) is 6.43 Å². The standard InChI is InChI=1S/C10H5ClF5N3/c11-7-3-6(9(12)13)18-19(7)8-2-1-5(4-17-8)10(14,15)16/h1-4,9H. The summed E-state index contributed by atoms with van der Waals surface area (Å²) in [6.07, 6.45) is -6.77. The molecule has 2 heterocycles. The maximum atomic E-state index is 12.4. The Bertz CT molecular complexity index is 576. The molecule has 3 nitrogen and oxygen atoms in total. The van der Waals surface area contributed by atoms with Gasteiger partial charge in [-0.05, 0) is 12.1 Å². The molecule has 2 aromatic rings. The van der Waals surface area contributed by atoms with Gasteiger partial charge in [0.05, 0.1) is 5.56 Å². The predicted octanol–water partition coefficient (Wildman–Crippen LogP) is 3.88. The van der Waals surface area contributed by atoms with E-state index in [0.717, 1.165) is 22.9 Å². The Morgan fingerprint density at radius 3 is 2.32 bits per heavy atom. The van der Waals surface area contributed by atoms with E-state index in [4.69, 9.17) is 11.6 Å². The van der Waals surface area contributed by atoms with E-state index in [0.29, 0.717) is 6.20 Å². The molecule has 0 fully saturated rings. The average Bonchev–Trinajstić information content (AvgIpc) is 2.70. The molecule has 0 amide bonds.